The van der Waals surface area contributed by atoms with E-state index in [2.05, 4.69) is 36.2 Å². The van der Waals surface area contributed by atoms with E-state index in [1.54, 1.807) is 11.3 Å². The molecule has 0 bridgehead atoms. The van der Waals surface area contributed by atoms with Crippen LogP contribution in [-0.2, 0) is 6.54 Å². The molecule has 0 aromatic carbocycles. The molecule has 18 heavy (non-hydrogen) atoms. The maximum atomic E-state index is 6.10. The standard InChI is InChI=1S/C14H25N3S/c1-13(2)4-6-14(10-15,7-5-13)17(3)8-12-9-18-11-16-12/h9,11H,4-8,10,15H2,1-3H3. The van der Waals surface area contributed by atoms with E-state index in [0.29, 0.717) is 5.41 Å². The first-order valence-electron chi connectivity index (χ1n) is 6.76. The summed E-state index contributed by atoms with van der Waals surface area (Å²) in [5.41, 5.74) is 9.84. The zero-order valence-electron chi connectivity index (χ0n) is 11.8. The molecule has 3 nitrogen and oxygen atoms in total. The van der Waals surface area contributed by atoms with Crippen LogP contribution >= 0.6 is 11.3 Å². The largest absolute Gasteiger partial charge is 0.329 e. The van der Waals surface area contributed by atoms with E-state index in [1.807, 2.05) is 5.51 Å². The topological polar surface area (TPSA) is 42.2 Å². The molecule has 0 aliphatic heterocycles. The minimum Gasteiger partial charge on any atom is -0.329 e. The average molecular weight is 267 g/mol. The lowest BCUT2D eigenvalue weighted by Crippen LogP contribution is -2.54. The van der Waals surface area contributed by atoms with E-state index >= 15 is 0 Å². The molecule has 1 aromatic heterocycles. The van der Waals surface area contributed by atoms with Crippen LogP contribution in [0.25, 0.3) is 0 Å². The van der Waals surface area contributed by atoms with E-state index in [4.69, 9.17) is 5.73 Å². The molecule has 1 aromatic rings. The van der Waals surface area contributed by atoms with Crippen LogP contribution in [0.2, 0.25) is 0 Å². The molecule has 1 aliphatic rings. The molecule has 4 heteroatoms. The van der Waals surface area contributed by atoms with E-state index in [9.17, 15) is 0 Å². The van der Waals surface area contributed by atoms with Crippen LogP contribution in [0.15, 0.2) is 10.9 Å². The molecule has 1 aliphatic carbocycles. The third-order valence-electron chi connectivity index (χ3n) is 4.61. The van der Waals surface area contributed by atoms with Crippen molar-refractivity contribution in [1.29, 1.82) is 0 Å². The van der Waals surface area contributed by atoms with Gasteiger partial charge in [0.15, 0.2) is 0 Å². The SMILES string of the molecule is CN(Cc1cscn1)C1(CN)CCC(C)(C)CC1. The Morgan fingerprint density at radius 1 is 1.33 bits per heavy atom. The number of nitrogens with zero attached hydrogens (tertiary/aromatic N) is 2. The Bertz CT molecular complexity index is 362. The Morgan fingerprint density at radius 2 is 2.00 bits per heavy atom. The van der Waals surface area contributed by atoms with Crippen molar-refractivity contribution >= 4 is 11.3 Å². The van der Waals surface area contributed by atoms with Crippen molar-refractivity contribution in [3.63, 3.8) is 0 Å². The molecule has 0 radical (unpaired) electrons. The van der Waals surface area contributed by atoms with Crippen LogP contribution in [-0.4, -0.2) is 29.0 Å². The predicted octanol–water partition coefficient (Wildman–Crippen LogP) is 2.87. The summed E-state index contributed by atoms with van der Waals surface area (Å²) in [6.07, 6.45) is 4.95. The Labute approximate surface area is 114 Å². The van der Waals surface area contributed by atoms with Gasteiger partial charge in [0.05, 0.1) is 11.2 Å². The fourth-order valence-electron chi connectivity index (χ4n) is 2.86. The number of hydrogen-bond acceptors (Lipinski definition) is 4. The highest BCUT2D eigenvalue weighted by atomic mass is 32.1. The molecule has 0 saturated heterocycles. The first-order valence-corrected chi connectivity index (χ1v) is 7.70. The number of nitrogens with two attached hydrogens (primary N) is 1. The molecule has 102 valence electrons. The van der Waals surface area contributed by atoms with Crippen LogP contribution in [0.4, 0.5) is 0 Å². The quantitative estimate of drug-likeness (QED) is 0.912. The third kappa shape index (κ3) is 2.92. The maximum absolute atomic E-state index is 6.10. The lowest BCUT2D eigenvalue weighted by atomic mass is 9.69. The Balaban J connectivity index is 2.03. The molecular weight excluding hydrogens is 242 g/mol. The molecule has 0 amide bonds. The normalized spacial score (nSPS) is 22.3. The second-order valence-electron chi connectivity index (χ2n) is 6.43. The van der Waals surface area contributed by atoms with E-state index in [0.717, 1.165) is 13.1 Å². The van der Waals surface area contributed by atoms with E-state index in [1.165, 1.54) is 31.4 Å². The lowest BCUT2D eigenvalue weighted by Gasteiger charge is -2.48. The summed E-state index contributed by atoms with van der Waals surface area (Å²) < 4.78 is 0. The fourth-order valence-corrected chi connectivity index (χ4v) is 3.41. The smallest absolute Gasteiger partial charge is 0.0795 e. The first kappa shape index (κ1) is 14.0. The van der Waals surface area contributed by atoms with Crippen LogP contribution in [0, 0.1) is 5.41 Å². The summed E-state index contributed by atoms with van der Waals surface area (Å²) in [6, 6.07) is 0. The van der Waals surface area contributed by atoms with Gasteiger partial charge in [-0.2, -0.15) is 0 Å². The molecule has 1 fully saturated rings. The van der Waals surface area contributed by atoms with Crippen molar-refractivity contribution in [3.8, 4) is 0 Å². The second kappa shape index (κ2) is 5.27. The number of hydrogen-bond donors (Lipinski definition) is 1. The van der Waals surface area contributed by atoms with Gasteiger partial charge in [0.1, 0.15) is 0 Å². The highest BCUT2D eigenvalue weighted by Crippen LogP contribution is 2.42. The van der Waals surface area contributed by atoms with Crippen LogP contribution in [0.3, 0.4) is 0 Å². The zero-order chi connectivity index (χ0) is 13.2. The summed E-state index contributed by atoms with van der Waals surface area (Å²) in [6.45, 7) is 6.41. The van der Waals surface area contributed by atoms with Gasteiger partial charge in [-0.25, -0.2) is 4.98 Å². The lowest BCUT2D eigenvalue weighted by molar-refractivity contribution is 0.0358. The van der Waals surface area contributed by atoms with Crippen LogP contribution in [0.1, 0.15) is 45.2 Å². The number of likely N-dealkylation sites (N-methyl/N-ethyl adjacent to an activating group) is 1. The minimum atomic E-state index is 0.180. The highest BCUT2D eigenvalue weighted by Gasteiger charge is 2.40. The van der Waals surface area contributed by atoms with E-state index in [-0.39, 0.29) is 5.54 Å². The van der Waals surface area contributed by atoms with Crippen molar-refractivity contribution < 1.29 is 0 Å². The number of aromatic nitrogens is 1. The zero-order valence-corrected chi connectivity index (χ0v) is 12.6. The van der Waals surface area contributed by atoms with Crippen molar-refractivity contribution in [2.45, 2.75) is 51.6 Å². The Hall–Kier alpha value is -0.450. The molecule has 1 heterocycles. The summed E-state index contributed by atoms with van der Waals surface area (Å²) in [5, 5.41) is 2.13. The Kier molecular flexibility index (Phi) is 4.09. The third-order valence-corrected chi connectivity index (χ3v) is 5.24. The van der Waals surface area contributed by atoms with Gasteiger partial charge in [-0.15, -0.1) is 11.3 Å². The minimum absolute atomic E-state index is 0.180. The molecule has 1 saturated carbocycles. The molecular formula is C14H25N3S. The van der Waals surface area contributed by atoms with Crippen molar-refractivity contribution in [3.05, 3.63) is 16.6 Å². The molecule has 0 unspecified atom stereocenters. The summed E-state index contributed by atoms with van der Waals surface area (Å²) in [7, 11) is 2.20. The fraction of sp³-hybridized carbons (Fsp3) is 0.786. The van der Waals surface area contributed by atoms with Gasteiger partial charge in [-0.05, 0) is 38.1 Å². The molecule has 0 spiro atoms. The number of rotatable bonds is 4. The van der Waals surface area contributed by atoms with Gasteiger partial charge >= 0.3 is 0 Å². The first-order chi connectivity index (χ1) is 8.47. The van der Waals surface area contributed by atoms with Gasteiger partial charge in [0.25, 0.3) is 0 Å². The van der Waals surface area contributed by atoms with Gasteiger partial charge in [0.2, 0.25) is 0 Å². The second-order valence-corrected chi connectivity index (χ2v) is 7.15. The predicted molar refractivity (Wildman–Crippen MR) is 77.6 cm³/mol. The van der Waals surface area contributed by atoms with Gasteiger partial charge in [0, 0.05) is 24.0 Å². The van der Waals surface area contributed by atoms with Crippen molar-refractivity contribution in [1.82, 2.24) is 9.88 Å². The maximum Gasteiger partial charge on any atom is 0.0795 e. The summed E-state index contributed by atoms with van der Waals surface area (Å²) >= 11 is 1.67. The van der Waals surface area contributed by atoms with Crippen LogP contribution in [0.5, 0.6) is 0 Å². The molecule has 0 atom stereocenters. The Morgan fingerprint density at radius 3 is 2.50 bits per heavy atom. The molecule has 2 rings (SSSR count). The summed E-state index contributed by atoms with van der Waals surface area (Å²) in [5.74, 6) is 0. The summed E-state index contributed by atoms with van der Waals surface area (Å²) in [4.78, 5) is 6.81. The van der Waals surface area contributed by atoms with Crippen molar-refractivity contribution in [2.75, 3.05) is 13.6 Å². The number of thiazole rings is 1. The van der Waals surface area contributed by atoms with E-state index < -0.39 is 0 Å². The average Bonchev–Trinajstić information content (AvgIpc) is 2.82. The monoisotopic (exact) mass is 267 g/mol. The van der Waals surface area contributed by atoms with Gasteiger partial charge in [-0.3, -0.25) is 4.90 Å². The molecule has 2 N–H and O–H groups in total. The highest BCUT2D eigenvalue weighted by molar-refractivity contribution is 7.07. The van der Waals surface area contributed by atoms with Crippen LogP contribution < -0.4 is 5.73 Å². The van der Waals surface area contributed by atoms with Gasteiger partial charge in [-0.1, -0.05) is 13.8 Å². The van der Waals surface area contributed by atoms with Crippen molar-refractivity contribution in [2.24, 2.45) is 11.1 Å². The van der Waals surface area contributed by atoms with Gasteiger partial charge < -0.3 is 5.73 Å².